The van der Waals surface area contributed by atoms with E-state index in [4.69, 9.17) is 22.7 Å². The van der Waals surface area contributed by atoms with Crippen LogP contribution in [0.15, 0.2) is 47.6 Å². The number of pyridine rings is 1. The Morgan fingerprint density at radius 2 is 2.00 bits per heavy atom. The third-order valence-corrected chi connectivity index (χ3v) is 3.92. The topological polar surface area (TPSA) is 62.8 Å². The standard InChI is InChI=1S/C13H12ClN3S/c14-11-10(12(15)16)6-7-17-13(11)18-8-9-4-2-1-3-5-9/h1-7H,8H2,(H3,15,16). The van der Waals surface area contributed by atoms with E-state index in [0.29, 0.717) is 15.6 Å². The molecular formula is C13H12ClN3S. The summed E-state index contributed by atoms with van der Waals surface area (Å²) in [6.07, 6.45) is 1.62. The molecule has 92 valence electrons. The fraction of sp³-hybridized carbons (Fsp3) is 0.0769. The van der Waals surface area contributed by atoms with Crippen molar-refractivity contribution in [2.24, 2.45) is 5.73 Å². The zero-order chi connectivity index (χ0) is 13.0. The Labute approximate surface area is 115 Å². The summed E-state index contributed by atoms with van der Waals surface area (Å²) < 4.78 is 0. The van der Waals surface area contributed by atoms with E-state index in [0.717, 1.165) is 5.75 Å². The minimum atomic E-state index is -0.0380. The molecule has 0 amide bonds. The summed E-state index contributed by atoms with van der Waals surface area (Å²) in [6, 6.07) is 11.7. The number of nitrogens with one attached hydrogen (secondary N) is 1. The van der Waals surface area contributed by atoms with Crippen molar-refractivity contribution in [3.05, 3.63) is 58.7 Å². The molecule has 0 bridgehead atoms. The van der Waals surface area contributed by atoms with E-state index in [1.54, 1.807) is 12.3 Å². The fourth-order valence-corrected chi connectivity index (χ4v) is 2.70. The van der Waals surface area contributed by atoms with Crippen molar-refractivity contribution >= 4 is 29.2 Å². The number of hydrogen-bond acceptors (Lipinski definition) is 3. The minimum absolute atomic E-state index is 0.0380. The Kier molecular flexibility index (Phi) is 4.23. The Balaban J connectivity index is 2.15. The first-order valence-electron chi connectivity index (χ1n) is 5.34. The highest BCUT2D eigenvalue weighted by Gasteiger charge is 2.10. The second kappa shape index (κ2) is 5.89. The molecule has 0 aliphatic carbocycles. The number of benzene rings is 1. The highest BCUT2D eigenvalue weighted by atomic mass is 35.5. The lowest BCUT2D eigenvalue weighted by Crippen LogP contribution is -2.12. The first kappa shape index (κ1) is 12.9. The van der Waals surface area contributed by atoms with Crippen LogP contribution in [0.1, 0.15) is 11.1 Å². The molecule has 5 heteroatoms. The van der Waals surface area contributed by atoms with Crippen molar-refractivity contribution in [3.63, 3.8) is 0 Å². The van der Waals surface area contributed by atoms with Gasteiger partial charge >= 0.3 is 0 Å². The van der Waals surface area contributed by atoms with Crippen LogP contribution in [-0.2, 0) is 5.75 Å². The van der Waals surface area contributed by atoms with Crippen molar-refractivity contribution in [1.29, 1.82) is 5.41 Å². The monoisotopic (exact) mass is 277 g/mol. The molecule has 3 N–H and O–H groups in total. The zero-order valence-corrected chi connectivity index (χ0v) is 11.1. The zero-order valence-electron chi connectivity index (χ0n) is 9.56. The van der Waals surface area contributed by atoms with Crippen molar-refractivity contribution in [2.45, 2.75) is 10.8 Å². The van der Waals surface area contributed by atoms with Crippen LogP contribution in [0.4, 0.5) is 0 Å². The Hall–Kier alpha value is -1.52. The van der Waals surface area contributed by atoms with Gasteiger partial charge in [-0.15, -0.1) is 11.8 Å². The molecule has 2 rings (SSSR count). The molecule has 0 aliphatic heterocycles. The molecule has 2 aromatic rings. The Bertz CT molecular complexity index is 557. The van der Waals surface area contributed by atoms with Crippen LogP contribution >= 0.6 is 23.4 Å². The molecule has 0 saturated heterocycles. The molecule has 0 unspecified atom stereocenters. The predicted molar refractivity (Wildman–Crippen MR) is 76.3 cm³/mol. The van der Waals surface area contributed by atoms with Gasteiger partial charge in [-0.05, 0) is 11.6 Å². The largest absolute Gasteiger partial charge is 0.384 e. The highest BCUT2D eigenvalue weighted by Crippen LogP contribution is 2.29. The van der Waals surface area contributed by atoms with E-state index in [2.05, 4.69) is 17.1 Å². The summed E-state index contributed by atoms with van der Waals surface area (Å²) in [6.45, 7) is 0. The Morgan fingerprint density at radius 3 is 2.67 bits per heavy atom. The lowest BCUT2D eigenvalue weighted by molar-refractivity contribution is 1.12. The van der Waals surface area contributed by atoms with Gasteiger partial charge in [0.2, 0.25) is 0 Å². The maximum absolute atomic E-state index is 7.43. The predicted octanol–water partition coefficient (Wildman–Crippen LogP) is 3.31. The normalized spacial score (nSPS) is 10.3. The molecule has 0 atom stereocenters. The maximum atomic E-state index is 7.43. The van der Waals surface area contributed by atoms with Gasteiger partial charge in [0.15, 0.2) is 0 Å². The van der Waals surface area contributed by atoms with Crippen molar-refractivity contribution in [1.82, 2.24) is 4.98 Å². The minimum Gasteiger partial charge on any atom is -0.384 e. The van der Waals surface area contributed by atoms with E-state index in [-0.39, 0.29) is 5.84 Å². The molecular weight excluding hydrogens is 266 g/mol. The van der Waals surface area contributed by atoms with Gasteiger partial charge in [-0.25, -0.2) is 4.98 Å². The van der Waals surface area contributed by atoms with Gasteiger partial charge in [0.05, 0.1) is 5.02 Å². The number of nitrogens with zero attached hydrogens (tertiary/aromatic N) is 1. The number of halogens is 1. The lowest BCUT2D eigenvalue weighted by Gasteiger charge is -2.07. The van der Waals surface area contributed by atoms with Gasteiger partial charge < -0.3 is 5.73 Å². The summed E-state index contributed by atoms with van der Waals surface area (Å²) in [7, 11) is 0. The summed E-state index contributed by atoms with van der Waals surface area (Å²) in [5.74, 6) is 0.749. The van der Waals surface area contributed by atoms with E-state index in [1.165, 1.54) is 17.3 Å². The average molecular weight is 278 g/mol. The smallest absolute Gasteiger partial charge is 0.124 e. The number of thioether (sulfide) groups is 1. The maximum Gasteiger partial charge on any atom is 0.124 e. The third-order valence-electron chi connectivity index (χ3n) is 2.37. The second-order valence-electron chi connectivity index (χ2n) is 3.67. The van der Waals surface area contributed by atoms with Gasteiger partial charge in [-0.1, -0.05) is 41.9 Å². The SMILES string of the molecule is N=C(N)c1ccnc(SCc2ccccc2)c1Cl. The van der Waals surface area contributed by atoms with Crippen LogP contribution in [0.25, 0.3) is 0 Å². The number of nitrogens with two attached hydrogens (primary N) is 1. The quantitative estimate of drug-likeness (QED) is 0.512. The molecule has 0 fully saturated rings. The highest BCUT2D eigenvalue weighted by molar-refractivity contribution is 7.98. The summed E-state index contributed by atoms with van der Waals surface area (Å²) in [5, 5.41) is 8.58. The molecule has 0 radical (unpaired) electrons. The number of amidine groups is 1. The van der Waals surface area contributed by atoms with E-state index in [9.17, 15) is 0 Å². The van der Waals surface area contributed by atoms with Gasteiger partial charge in [0.25, 0.3) is 0 Å². The van der Waals surface area contributed by atoms with Crippen LogP contribution in [0, 0.1) is 5.41 Å². The average Bonchev–Trinajstić information content (AvgIpc) is 2.38. The van der Waals surface area contributed by atoms with E-state index >= 15 is 0 Å². The van der Waals surface area contributed by atoms with Crippen molar-refractivity contribution in [3.8, 4) is 0 Å². The van der Waals surface area contributed by atoms with Crippen LogP contribution in [-0.4, -0.2) is 10.8 Å². The lowest BCUT2D eigenvalue weighted by atomic mass is 10.2. The molecule has 1 heterocycles. The summed E-state index contributed by atoms with van der Waals surface area (Å²) in [5.41, 5.74) is 7.18. The molecule has 0 saturated carbocycles. The Morgan fingerprint density at radius 1 is 1.28 bits per heavy atom. The second-order valence-corrected chi connectivity index (χ2v) is 5.01. The number of aromatic nitrogens is 1. The van der Waals surface area contributed by atoms with Crippen molar-refractivity contribution < 1.29 is 0 Å². The number of hydrogen-bond donors (Lipinski definition) is 2. The molecule has 0 spiro atoms. The van der Waals surface area contributed by atoms with Gasteiger partial charge in [0, 0.05) is 17.5 Å². The number of rotatable bonds is 4. The summed E-state index contributed by atoms with van der Waals surface area (Å²) in [4.78, 5) is 4.22. The van der Waals surface area contributed by atoms with Crippen molar-refractivity contribution in [2.75, 3.05) is 0 Å². The van der Waals surface area contributed by atoms with Crippen LogP contribution in [0.3, 0.4) is 0 Å². The molecule has 1 aromatic carbocycles. The number of nitrogen functional groups attached to an aromatic ring is 1. The fourth-order valence-electron chi connectivity index (χ4n) is 1.46. The van der Waals surface area contributed by atoms with Crippen LogP contribution in [0.2, 0.25) is 5.02 Å². The first-order chi connectivity index (χ1) is 8.68. The molecule has 18 heavy (non-hydrogen) atoms. The van der Waals surface area contributed by atoms with Gasteiger partial charge in [0.1, 0.15) is 10.9 Å². The summed E-state index contributed by atoms with van der Waals surface area (Å²) >= 11 is 7.70. The molecule has 3 nitrogen and oxygen atoms in total. The van der Waals surface area contributed by atoms with E-state index in [1.807, 2.05) is 18.2 Å². The van der Waals surface area contributed by atoms with Gasteiger partial charge in [-0.2, -0.15) is 0 Å². The van der Waals surface area contributed by atoms with E-state index < -0.39 is 0 Å². The molecule has 1 aromatic heterocycles. The molecule has 0 aliphatic rings. The first-order valence-corrected chi connectivity index (χ1v) is 6.70. The van der Waals surface area contributed by atoms with Gasteiger partial charge in [-0.3, -0.25) is 5.41 Å². The third kappa shape index (κ3) is 3.03. The van der Waals surface area contributed by atoms with Crippen LogP contribution < -0.4 is 5.73 Å². The van der Waals surface area contributed by atoms with Crippen LogP contribution in [0.5, 0.6) is 0 Å².